The summed E-state index contributed by atoms with van der Waals surface area (Å²) in [6, 6.07) is 18.6. The van der Waals surface area contributed by atoms with Crippen LogP contribution in [0, 0.1) is 5.92 Å². The molecule has 2 heterocycles. The number of hydrogen-bond acceptors (Lipinski definition) is 4. The molecule has 0 saturated carbocycles. The molecule has 37 heavy (non-hydrogen) atoms. The van der Waals surface area contributed by atoms with Crippen LogP contribution in [0.5, 0.6) is 0 Å². The predicted octanol–water partition coefficient (Wildman–Crippen LogP) is 3.62. The van der Waals surface area contributed by atoms with Gasteiger partial charge in [-0.25, -0.2) is 0 Å². The number of H-pyrrole nitrogens is 1. The topological polar surface area (TPSA) is 104 Å². The quantitative estimate of drug-likeness (QED) is 0.423. The number of carbonyl (C=O) groups excluding carboxylic acids is 2. The largest absolute Gasteiger partial charge is 0.354 e. The van der Waals surface area contributed by atoms with Crippen LogP contribution in [0.15, 0.2) is 66.9 Å². The van der Waals surface area contributed by atoms with Crippen LogP contribution < -0.4 is 11.1 Å². The van der Waals surface area contributed by atoms with E-state index in [9.17, 15) is 9.59 Å². The highest BCUT2D eigenvalue weighted by Gasteiger charge is 2.39. The van der Waals surface area contributed by atoms with Crippen LogP contribution in [-0.2, 0) is 22.4 Å². The average Bonchev–Trinajstić information content (AvgIpc) is 3.58. The van der Waals surface area contributed by atoms with Gasteiger partial charge in [0.25, 0.3) is 0 Å². The van der Waals surface area contributed by atoms with Crippen molar-refractivity contribution in [2.24, 2.45) is 11.7 Å². The highest BCUT2D eigenvalue weighted by molar-refractivity contribution is 5.91. The number of hydrogen-bond donors (Lipinski definition) is 3. The maximum Gasteiger partial charge on any atom is 0.242 e. The van der Waals surface area contributed by atoms with Gasteiger partial charge in [-0.15, -0.1) is 24.8 Å². The summed E-state index contributed by atoms with van der Waals surface area (Å²) in [5, 5.41) is 10.4. The van der Waals surface area contributed by atoms with Crippen molar-refractivity contribution in [3.05, 3.63) is 89.2 Å². The summed E-state index contributed by atoms with van der Waals surface area (Å²) in [4.78, 5) is 28.5. The summed E-state index contributed by atoms with van der Waals surface area (Å²) >= 11 is 0. The number of nitrogens with one attached hydrogen (secondary N) is 2. The van der Waals surface area contributed by atoms with Gasteiger partial charge < -0.3 is 16.0 Å². The number of nitrogens with two attached hydrogens (primary N) is 1. The minimum atomic E-state index is -0.772. The minimum Gasteiger partial charge on any atom is -0.354 e. The SMILES string of the molecule is Cl.Cl.N[C@@H](C(=O)N1CCC[C@H]1C(=O)NCC1CCc2n[nH]cc2C1)C(c1ccccc1)c1ccccc1. The number of carbonyl (C=O) groups is 2. The number of halogens is 2. The third-order valence-corrected chi connectivity index (χ3v) is 7.47. The van der Waals surface area contributed by atoms with Crippen LogP contribution in [-0.4, -0.2) is 52.1 Å². The van der Waals surface area contributed by atoms with E-state index in [0.717, 1.165) is 42.5 Å². The third kappa shape index (κ3) is 6.35. The number of aromatic amines is 1. The summed E-state index contributed by atoms with van der Waals surface area (Å²) in [7, 11) is 0. The first-order chi connectivity index (χ1) is 17.1. The normalized spacial score (nSPS) is 19.4. The molecule has 3 aromatic rings. The van der Waals surface area contributed by atoms with Gasteiger partial charge >= 0.3 is 0 Å². The molecule has 0 spiro atoms. The molecule has 1 aliphatic heterocycles. The molecule has 0 bridgehead atoms. The molecule has 0 radical (unpaired) electrons. The Hall–Kier alpha value is -2.87. The van der Waals surface area contributed by atoms with Crippen LogP contribution >= 0.6 is 24.8 Å². The molecule has 2 aromatic carbocycles. The van der Waals surface area contributed by atoms with Gasteiger partial charge in [-0.1, -0.05) is 60.7 Å². The fraction of sp³-hybridized carbons (Fsp3) is 0.393. The van der Waals surface area contributed by atoms with Crippen LogP contribution in [0.25, 0.3) is 0 Å². The van der Waals surface area contributed by atoms with E-state index in [0.29, 0.717) is 25.4 Å². The Balaban J connectivity index is 0.00000190. The van der Waals surface area contributed by atoms with E-state index in [2.05, 4.69) is 15.5 Å². The van der Waals surface area contributed by atoms with Crippen molar-refractivity contribution in [3.8, 4) is 0 Å². The molecule has 9 heteroatoms. The fourth-order valence-electron chi connectivity index (χ4n) is 5.59. The number of aromatic nitrogens is 2. The smallest absolute Gasteiger partial charge is 0.242 e. The van der Waals surface area contributed by atoms with E-state index in [1.54, 1.807) is 4.90 Å². The third-order valence-electron chi connectivity index (χ3n) is 7.47. The van der Waals surface area contributed by atoms with Gasteiger partial charge in [-0.05, 0) is 54.7 Å². The van der Waals surface area contributed by atoms with Gasteiger partial charge in [-0.3, -0.25) is 14.7 Å². The lowest BCUT2D eigenvalue weighted by atomic mass is 9.84. The Bertz CT molecular complexity index is 1120. The number of rotatable bonds is 7. The zero-order valence-corrected chi connectivity index (χ0v) is 22.3. The van der Waals surface area contributed by atoms with Crippen molar-refractivity contribution >= 4 is 36.6 Å². The monoisotopic (exact) mass is 543 g/mol. The van der Waals surface area contributed by atoms with Gasteiger partial charge in [-0.2, -0.15) is 5.10 Å². The van der Waals surface area contributed by atoms with Crippen molar-refractivity contribution in [2.75, 3.05) is 13.1 Å². The molecule has 4 N–H and O–H groups in total. The van der Waals surface area contributed by atoms with Gasteiger partial charge in [0.15, 0.2) is 0 Å². The van der Waals surface area contributed by atoms with Gasteiger partial charge in [0, 0.05) is 25.2 Å². The van der Waals surface area contributed by atoms with Crippen molar-refractivity contribution in [1.29, 1.82) is 0 Å². The van der Waals surface area contributed by atoms with E-state index >= 15 is 0 Å². The van der Waals surface area contributed by atoms with Crippen LogP contribution in [0.2, 0.25) is 0 Å². The van der Waals surface area contributed by atoms with E-state index in [-0.39, 0.29) is 42.5 Å². The first-order valence-corrected chi connectivity index (χ1v) is 12.6. The van der Waals surface area contributed by atoms with E-state index in [4.69, 9.17) is 5.73 Å². The van der Waals surface area contributed by atoms with E-state index in [1.165, 1.54) is 5.56 Å². The first-order valence-electron chi connectivity index (χ1n) is 12.6. The standard InChI is InChI=1S/C28H33N5O2.2ClH/c29-26(25(20-8-3-1-4-9-20)21-10-5-2-6-11-21)28(35)33-15-7-12-24(33)27(34)30-17-19-13-14-23-22(16-19)18-31-32-23;;/h1-6,8-11,18-19,24-26H,7,12-17,29H2,(H,30,34)(H,31,32);2*1H/t19?,24-,26+;;/m0../s1. The lowest BCUT2D eigenvalue weighted by molar-refractivity contribution is -0.139. The second-order valence-corrected chi connectivity index (χ2v) is 9.73. The van der Waals surface area contributed by atoms with Gasteiger partial charge in [0.2, 0.25) is 11.8 Å². The van der Waals surface area contributed by atoms with Crippen molar-refractivity contribution in [2.45, 2.75) is 50.1 Å². The van der Waals surface area contributed by atoms with Crippen molar-refractivity contribution in [3.63, 3.8) is 0 Å². The average molecular weight is 545 g/mol. The van der Waals surface area contributed by atoms with Crippen molar-refractivity contribution in [1.82, 2.24) is 20.4 Å². The molecule has 7 nitrogen and oxygen atoms in total. The summed E-state index contributed by atoms with van der Waals surface area (Å²) in [6.07, 6.45) is 6.29. The summed E-state index contributed by atoms with van der Waals surface area (Å²) in [6.45, 7) is 1.17. The van der Waals surface area contributed by atoms with Crippen LogP contribution in [0.3, 0.4) is 0 Å². The maximum atomic E-state index is 13.7. The Kier molecular flexibility index (Phi) is 10.1. The Morgan fingerprint density at radius 2 is 1.68 bits per heavy atom. The lowest BCUT2D eigenvalue weighted by Gasteiger charge is -2.31. The molecule has 1 unspecified atom stereocenters. The van der Waals surface area contributed by atoms with Crippen LogP contribution in [0.4, 0.5) is 0 Å². The Labute approximate surface area is 230 Å². The number of nitrogens with zero attached hydrogens (tertiary/aromatic N) is 2. The molecular weight excluding hydrogens is 509 g/mol. The molecule has 2 aliphatic rings. The van der Waals surface area contributed by atoms with E-state index < -0.39 is 12.1 Å². The molecule has 1 aliphatic carbocycles. The number of likely N-dealkylation sites (tertiary alicyclic amines) is 1. The fourth-order valence-corrected chi connectivity index (χ4v) is 5.59. The molecule has 1 aromatic heterocycles. The lowest BCUT2D eigenvalue weighted by Crippen LogP contribution is -2.53. The summed E-state index contributed by atoms with van der Waals surface area (Å²) < 4.78 is 0. The summed E-state index contributed by atoms with van der Waals surface area (Å²) in [5.74, 6) is -0.129. The Morgan fingerprint density at radius 3 is 2.32 bits per heavy atom. The molecular formula is C28H35Cl2N5O2. The second kappa shape index (κ2) is 13.1. The number of benzene rings is 2. The predicted molar refractivity (Wildman–Crippen MR) is 149 cm³/mol. The van der Waals surface area contributed by atoms with E-state index in [1.807, 2.05) is 66.9 Å². The number of fused-ring (bicyclic) bond motifs is 1. The zero-order chi connectivity index (χ0) is 24.2. The summed E-state index contributed by atoms with van der Waals surface area (Å²) in [5.41, 5.74) is 11.0. The maximum absolute atomic E-state index is 13.7. The molecule has 198 valence electrons. The van der Waals surface area contributed by atoms with Crippen LogP contribution in [0.1, 0.15) is 47.6 Å². The molecule has 1 saturated heterocycles. The zero-order valence-electron chi connectivity index (χ0n) is 20.7. The second-order valence-electron chi connectivity index (χ2n) is 9.73. The number of aryl methyl sites for hydroxylation is 1. The van der Waals surface area contributed by atoms with Crippen molar-refractivity contribution < 1.29 is 9.59 Å². The Morgan fingerprint density at radius 1 is 1.03 bits per heavy atom. The molecule has 5 rings (SSSR count). The molecule has 3 atom stereocenters. The van der Waals surface area contributed by atoms with Gasteiger partial charge in [0.1, 0.15) is 6.04 Å². The highest BCUT2D eigenvalue weighted by atomic mass is 35.5. The minimum absolute atomic E-state index is 0. The first kappa shape index (κ1) is 28.7. The number of amides is 2. The van der Waals surface area contributed by atoms with Gasteiger partial charge in [0.05, 0.1) is 11.7 Å². The highest BCUT2D eigenvalue weighted by Crippen LogP contribution is 2.30. The molecule has 2 amide bonds. The molecule has 1 fully saturated rings.